The van der Waals surface area contributed by atoms with Crippen molar-refractivity contribution < 1.29 is 13.2 Å². The molecule has 0 bridgehead atoms. The van der Waals surface area contributed by atoms with Crippen LogP contribution in [0.5, 0.6) is 0 Å². The van der Waals surface area contributed by atoms with E-state index in [1.165, 1.54) is 29.5 Å². The van der Waals surface area contributed by atoms with Crippen LogP contribution in [-0.4, -0.2) is 24.2 Å². The largest absolute Gasteiger partial charge is 0.400 e. The number of rotatable bonds is 2. The van der Waals surface area contributed by atoms with Gasteiger partial charge in [0.25, 0.3) is 0 Å². The van der Waals surface area contributed by atoms with E-state index >= 15 is 0 Å². The van der Waals surface area contributed by atoms with E-state index in [2.05, 4.69) is 4.98 Å². The molecule has 2 N–H and O–H groups in total. The number of benzene rings is 2. The van der Waals surface area contributed by atoms with Gasteiger partial charge in [-0.15, -0.1) is 0 Å². The predicted molar refractivity (Wildman–Crippen MR) is 105 cm³/mol. The van der Waals surface area contributed by atoms with Crippen molar-refractivity contribution in [1.29, 1.82) is 0 Å². The third-order valence-electron chi connectivity index (χ3n) is 4.93. The first-order chi connectivity index (χ1) is 12.7. The molecule has 1 aromatic heterocycles. The third-order valence-corrected chi connectivity index (χ3v) is 6.55. The first-order valence-electron chi connectivity index (χ1n) is 8.13. The SMILES string of the molecule is Nc1cccc2nc(N3CCC(c4cc(Cl)cc(Cl)c4)(C(F)(F)F)C3)sc12. The zero-order valence-electron chi connectivity index (χ0n) is 13.9. The van der Waals surface area contributed by atoms with Gasteiger partial charge in [0.15, 0.2) is 5.13 Å². The van der Waals surface area contributed by atoms with Crippen LogP contribution in [0, 0.1) is 0 Å². The molecule has 142 valence electrons. The number of halogens is 5. The van der Waals surface area contributed by atoms with Gasteiger partial charge >= 0.3 is 6.18 Å². The van der Waals surface area contributed by atoms with Crippen LogP contribution >= 0.6 is 34.5 Å². The van der Waals surface area contributed by atoms with E-state index in [9.17, 15) is 13.2 Å². The smallest absolute Gasteiger partial charge is 0.398 e. The van der Waals surface area contributed by atoms with E-state index in [-0.39, 0.29) is 35.1 Å². The number of thiazole rings is 1. The van der Waals surface area contributed by atoms with Crippen LogP contribution in [0.15, 0.2) is 36.4 Å². The summed E-state index contributed by atoms with van der Waals surface area (Å²) in [4.78, 5) is 6.14. The molecule has 9 heteroatoms. The number of aromatic nitrogens is 1. The van der Waals surface area contributed by atoms with Crippen LogP contribution in [0.3, 0.4) is 0 Å². The zero-order chi connectivity index (χ0) is 19.4. The van der Waals surface area contributed by atoms with Gasteiger partial charge in [-0.3, -0.25) is 0 Å². The second kappa shape index (κ2) is 6.43. The Bertz CT molecular complexity index is 1000. The van der Waals surface area contributed by atoms with Crippen molar-refractivity contribution in [3.05, 3.63) is 52.0 Å². The maximum atomic E-state index is 14.2. The molecule has 0 amide bonds. The van der Waals surface area contributed by atoms with Gasteiger partial charge in [0.2, 0.25) is 0 Å². The van der Waals surface area contributed by atoms with Crippen molar-refractivity contribution in [3.8, 4) is 0 Å². The number of nitrogens with zero attached hydrogens (tertiary/aromatic N) is 2. The Hall–Kier alpha value is -1.70. The molecule has 1 fully saturated rings. The molecule has 1 saturated heterocycles. The summed E-state index contributed by atoms with van der Waals surface area (Å²) in [5.41, 5.74) is 5.24. The molecular formula is C18H14Cl2F3N3S. The second-order valence-electron chi connectivity index (χ2n) is 6.60. The summed E-state index contributed by atoms with van der Waals surface area (Å²) in [5.74, 6) is 0. The van der Waals surface area contributed by atoms with E-state index < -0.39 is 11.6 Å². The first-order valence-corrected chi connectivity index (χ1v) is 9.70. The Labute approximate surface area is 167 Å². The summed E-state index contributed by atoms with van der Waals surface area (Å²) in [6, 6.07) is 9.46. The zero-order valence-corrected chi connectivity index (χ0v) is 16.2. The maximum absolute atomic E-state index is 14.2. The van der Waals surface area contributed by atoms with E-state index in [4.69, 9.17) is 28.9 Å². The molecule has 1 aliphatic heterocycles. The van der Waals surface area contributed by atoms with Gasteiger partial charge < -0.3 is 10.6 Å². The standard InChI is InChI=1S/C18H14Cl2F3N3S/c19-11-6-10(7-12(20)8-11)17(18(21,22)23)4-5-26(9-17)16-25-14-3-1-2-13(24)15(14)27-16/h1-3,6-8H,4-5,9,24H2. The highest BCUT2D eigenvalue weighted by atomic mass is 35.5. The highest BCUT2D eigenvalue weighted by Gasteiger charge is 2.59. The Morgan fingerprint density at radius 3 is 2.48 bits per heavy atom. The average Bonchev–Trinajstić information content (AvgIpc) is 3.19. The molecule has 0 aliphatic carbocycles. The fourth-order valence-electron chi connectivity index (χ4n) is 3.53. The molecule has 27 heavy (non-hydrogen) atoms. The summed E-state index contributed by atoms with van der Waals surface area (Å²) in [6.07, 6.45) is -4.55. The summed E-state index contributed by atoms with van der Waals surface area (Å²) in [7, 11) is 0. The lowest BCUT2D eigenvalue weighted by Gasteiger charge is -2.32. The van der Waals surface area contributed by atoms with Crippen LogP contribution in [0.2, 0.25) is 10.0 Å². The number of alkyl halides is 3. The monoisotopic (exact) mass is 431 g/mol. The Morgan fingerprint density at radius 1 is 1.15 bits per heavy atom. The highest BCUT2D eigenvalue weighted by Crippen LogP contribution is 2.50. The summed E-state index contributed by atoms with van der Waals surface area (Å²) in [5, 5.41) is 0.904. The van der Waals surface area contributed by atoms with Crippen molar-refractivity contribution in [2.24, 2.45) is 0 Å². The molecule has 0 radical (unpaired) electrons. The molecule has 0 saturated carbocycles. The Morgan fingerprint density at radius 2 is 1.85 bits per heavy atom. The van der Waals surface area contributed by atoms with Gasteiger partial charge in [-0.25, -0.2) is 4.98 Å². The van der Waals surface area contributed by atoms with Gasteiger partial charge in [-0.2, -0.15) is 13.2 Å². The van der Waals surface area contributed by atoms with E-state index in [1.54, 1.807) is 23.1 Å². The quantitative estimate of drug-likeness (QED) is 0.513. The van der Waals surface area contributed by atoms with Crippen molar-refractivity contribution >= 4 is 55.6 Å². The minimum atomic E-state index is -4.45. The van der Waals surface area contributed by atoms with Crippen molar-refractivity contribution in [2.75, 3.05) is 23.7 Å². The number of nitrogen functional groups attached to an aromatic ring is 1. The lowest BCUT2D eigenvalue weighted by Crippen LogP contribution is -2.44. The number of nitrogens with two attached hydrogens (primary N) is 1. The van der Waals surface area contributed by atoms with Gasteiger partial charge in [-0.1, -0.05) is 40.6 Å². The van der Waals surface area contributed by atoms with Gasteiger partial charge in [-0.05, 0) is 42.3 Å². The number of fused-ring (bicyclic) bond motifs is 1. The molecule has 2 aromatic carbocycles. The number of anilines is 2. The highest BCUT2D eigenvalue weighted by molar-refractivity contribution is 7.22. The topological polar surface area (TPSA) is 42.1 Å². The van der Waals surface area contributed by atoms with Crippen LogP contribution in [0.25, 0.3) is 10.2 Å². The van der Waals surface area contributed by atoms with E-state index in [0.717, 1.165) is 4.70 Å². The normalized spacial score (nSPS) is 20.6. The van der Waals surface area contributed by atoms with Gasteiger partial charge in [0.1, 0.15) is 5.41 Å². The molecule has 1 unspecified atom stereocenters. The van der Waals surface area contributed by atoms with Gasteiger partial charge in [0, 0.05) is 23.1 Å². The summed E-state index contributed by atoms with van der Waals surface area (Å²) >= 11 is 13.3. The minimum Gasteiger partial charge on any atom is -0.398 e. The molecular weight excluding hydrogens is 418 g/mol. The predicted octanol–water partition coefficient (Wildman–Crippen LogP) is 5.90. The minimum absolute atomic E-state index is 0.0793. The van der Waals surface area contributed by atoms with Crippen LogP contribution in [0.4, 0.5) is 24.0 Å². The second-order valence-corrected chi connectivity index (χ2v) is 8.45. The average molecular weight is 432 g/mol. The van der Waals surface area contributed by atoms with E-state index in [0.29, 0.717) is 16.3 Å². The third kappa shape index (κ3) is 3.11. The van der Waals surface area contributed by atoms with Crippen molar-refractivity contribution in [3.63, 3.8) is 0 Å². The number of hydrogen-bond donors (Lipinski definition) is 1. The van der Waals surface area contributed by atoms with Crippen LogP contribution in [-0.2, 0) is 5.41 Å². The molecule has 2 heterocycles. The molecule has 0 spiro atoms. The van der Waals surface area contributed by atoms with Gasteiger partial charge in [0.05, 0.1) is 15.9 Å². The fraction of sp³-hybridized carbons (Fsp3) is 0.278. The molecule has 1 atom stereocenters. The van der Waals surface area contributed by atoms with E-state index in [1.807, 2.05) is 0 Å². The Kier molecular flexibility index (Phi) is 4.44. The maximum Gasteiger partial charge on any atom is 0.400 e. The molecule has 3 nitrogen and oxygen atoms in total. The van der Waals surface area contributed by atoms with Crippen molar-refractivity contribution in [1.82, 2.24) is 4.98 Å². The molecule has 4 rings (SSSR count). The Balaban J connectivity index is 1.76. The lowest BCUT2D eigenvalue weighted by atomic mass is 9.79. The summed E-state index contributed by atoms with van der Waals surface area (Å²) in [6.45, 7) is -0.0176. The molecule has 1 aliphatic rings. The molecule has 3 aromatic rings. The summed E-state index contributed by atoms with van der Waals surface area (Å²) < 4.78 is 43.3. The van der Waals surface area contributed by atoms with Crippen LogP contribution < -0.4 is 10.6 Å². The fourth-order valence-corrected chi connectivity index (χ4v) is 5.07. The van der Waals surface area contributed by atoms with Crippen LogP contribution in [0.1, 0.15) is 12.0 Å². The lowest BCUT2D eigenvalue weighted by molar-refractivity contribution is -0.184. The van der Waals surface area contributed by atoms with Crippen molar-refractivity contribution in [2.45, 2.75) is 18.0 Å². The first kappa shape index (κ1) is 18.7. The number of hydrogen-bond acceptors (Lipinski definition) is 4.